The second-order valence-electron chi connectivity index (χ2n) is 15.5. The molecule has 11 unspecified atom stereocenters. The van der Waals surface area contributed by atoms with Gasteiger partial charge in [-0.15, -0.1) is 0 Å². The highest BCUT2D eigenvalue weighted by Gasteiger charge is 2.70. The van der Waals surface area contributed by atoms with Gasteiger partial charge in [-0.05, 0) is 96.7 Å². The largest absolute Gasteiger partial charge is 0.462 e. The van der Waals surface area contributed by atoms with E-state index in [1.165, 1.54) is 32.6 Å². The molecule has 5 aliphatic carbocycles. The lowest BCUT2D eigenvalue weighted by atomic mass is 9.33. The highest BCUT2D eigenvalue weighted by Crippen LogP contribution is 2.76. The molecule has 0 aromatic rings. The zero-order valence-corrected chi connectivity index (χ0v) is 24.4. The molecule has 1 N–H and O–H groups in total. The Bertz CT molecular complexity index is 938. The van der Waals surface area contributed by atoms with Crippen molar-refractivity contribution in [1.29, 1.82) is 0 Å². The van der Waals surface area contributed by atoms with Crippen LogP contribution in [0.15, 0.2) is 11.6 Å². The van der Waals surface area contributed by atoms with Crippen LogP contribution in [0.3, 0.4) is 0 Å². The Morgan fingerprint density at radius 1 is 0.944 bits per heavy atom. The predicted molar refractivity (Wildman–Crippen MR) is 143 cm³/mol. The van der Waals surface area contributed by atoms with E-state index in [2.05, 4.69) is 61.5 Å². The summed E-state index contributed by atoms with van der Waals surface area (Å²) in [6, 6.07) is 0. The van der Waals surface area contributed by atoms with Crippen LogP contribution in [-0.4, -0.2) is 23.4 Å². The second kappa shape index (κ2) is 8.31. The highest BCUT2D eigenvalue weighted by atomic mass is 17.1. The molecule has 0 aromatic carbocycles. The molecule has 0 radical (unpaired) electrons. The van der Waals surface area contributed by atoms with E-state index in [-0.39, 0.29) is 45.8 Å². The standard InChI is InChI=1S/C32H52O4/c1-19-10-13-29(6)16-17-31(8)22(26(29)20(19)2)18-23(36-34)27-30(7)14-12-25(35-21(3)33)28(4,5)24(30)11-15-32(27,31)9/h18-20,23-27,34H,10-17H2,1-9H3. The van der Waals surface area contributed by atoms with Crippen molar-refractivity contribution in [1.82, 2.24) is 0 Å². The van der Waals surface area contributed by atoms with E-state index in [1.807, 2.05) is 0 Å². The number of hydrogen-bond acceptors (Lipinski definition) is 4. The number of carbonyl (C=O) groups excluding carboxylic acids is 1. The molecule has 4 heteroatoms. The molecule has 0 saturated heterocycles. The van der Waals surface area contributed by atoms with E-state index in [1.54, 1.807) is 5.57 Å². The first-order valence-corrected chi connectivity index (χ1v) is 14.9. The molecule has 36 heavy (non-hydrogen) atoms. The molecule has 4 saturated carbocycles. The molecule has 0 aromatic heterocycles. The summed E-state index contributed by atoms with van der Waals surface area (Å²) in [6.07, 6.45) is 11.4. The maximum atomic E-state index is 11.9. The van der Waals surface area contributed by atoms with Crippen LogP contribution < -0.4 is 0 Å². The van der Waals surface area contributed by atoms with E-state index < -0.39 is 0 Å². The monoisotopic (exact) mass is 500 g/mol. The minimum atomic E-state index is -0.279. The number of allylic oxidation sites excluding steroid dienone is 1. The van der Waals surface area contributed by atoms with Crippen molar-refractivity contribution < 1.29 is 19.7 Å². The third kappa shape index (κ3) is 3.34. The first kappa shape index (κ1) is 26.7. The van der Waals surface area contributed by atoms with Gasteiger partial charge in [0.1, 0.15) is 12.2 Å². The zero-order valence-electron chi connectivity index (χ0n) is 24.4. The Labute approximate surface area is 219 Å². The topological polar surface area (TPSA) is 55.8 Å². The third-order valence-electron chi connectivity index (χ3n) is 13.7. The van der Waals surface area contributed by atoms with Crippen molar-refractivity contribution in [2.24, 2.45) is 56.7 Å². The molecule has 4 nitrogen and oxygen atoms in total. The molecule has 5 aliphatic rings. The Hall–Kier alpha value is -0.870. The van der Waals surface area contributed by atoms with Crippen molar-refractivity contribution in [2.75, 3.05) is 0 Å². The number of esters is 1. The van der Waals surface area contributed by atoms with Gasteiger partial charge in [-0.25, -0.2) is 4.89 Å². The summed E-state index contributed by atoms with van der Waals surface area (Å²) in [5.41, 5.74) is 2.03. The van der Waals surface area contributed by atoms with Gasteiger partial charge in [0.05, 0.1) is 0 Å². The molecular weight excluding hydrogens is 448 g/mol. The average molecular weight is 501 g/mol. The van der Waals surface area contributed by atoms with Gasteiger partial charge in [-0.2, -0.15) is 0 Å². The second-order valence-corrected chi connectivity index (χ2v) is 15.5. The number of ether oxygens (including phenoxy) is 1. The van der Waals surface area contributed by atoms with E-state index >= 15 is 0 Å². The molecule has 0 heterocycles. The van der Waals surface area contributed by atoms with Crippen LogP contribution in [0.5, 0.6) is 0 Å². The molecular formula is C32H52O4. The van der Waals surface area contributed by atoms with Gasteiger partial charge in [0, 0.05) is 18.3 Å². The van der Waals surface area contributed by atoms with Gasteiger partial charge in [-0.1, -0.05) is 67.0 Å². The SMILES string of the molecule is CC(=O)OC1CCC2(C)C(CCC3(C)C2C(OO)C=C2C4C(C)C(C)CCC4(C)CCC23C)C1(C)C. The molecule has 11 atom stereocenters. The average Bonchev–Trinajstić information content (AvgIpc) is 2.79. The summed E-state index contributed by atoms with van der Waals surface area (Å²) >= 11 is 0. The summed E-state index contributed by atoms with van der Waals surface area (Å²) in [5, 5.41) is 10.5. The third-order valence-corrected chi connectivity index (χ3v) is 13.7. The minimum absolute atomic E-state index is 0.0117. The molecule has 0 amide bonds. The summed E-state index contributed by atoms with van der Waals surface area (Å²) < 4.78 is 5.88. The van der Waals surface area contributed by atoms with E-state index in [4.69, 9.17) is 9.62 Å². The molecule has 0 bridgehead atoms. The zero-order chi connectivity index (χ0) is 26.5. The molecule has 204 valence electrons. The predicted octanol–water partition coefficient (Wildman–Crippen LogP) is 8.06. The van der Waals surface area contributed by atoms with Gasteiger partial charge >= 0.3 is 5.97 Å². The van der Waals surface area contributed by atoms with Crippen molar-refractivity contribution in [3.8, 4) is 0 Å². The van der Waals surface area contributed by atoms with Crippen LogP contribution in [-0.2, 0) is 14.4 Å². The van der Waals surface area contributed by atoms with E-state index in [0.29, 0.717) is 23.2 Å². The van der Waals surface area contributed by atoms with Crippen LogP contribution in [0.2, 0.25) is 0 Å². The first-order chi connectivity index (χ1) is 16.7. The Kier molecular flexibility index (Phi) is 6.17. The van der Waals surface area contributed by atoms with Crippen LogP contribution in [0.1, 0.15) is 114 Å². The number of carbonyl (C=O) groups is 1. The van der Waals surface area contributed by atoms with Crippen LogP contribution >= 0.6 is 0 Å². The minimum Gasteiger partial charge on any atom is -0.462 e. The van der Waals surface area contributed by atoms with E-state index in [0.717, 1.165) is 31.6 Å². The van der Waals surface area contributed by atoms with Gasteiger partial charge in [0.2, 0.25) is 0 Å². The molecule has 4 fully saturated rings. The lowest BCUT2D eigenvalue weighted by Crippen LogP contribution is -2.68. The maximum Gasteiger partial charge on any atom is 0.302 e. The lowest BCUT2D eigenvalue weighted by Gasteiger charge is -2.72. The summed E-state index contributed by atoms with van der Waals surface area (Å²) in [7, 11) is 0. The number of hydrogen-bond donors (Lipinski definition) is 1. The first-order valence-electron chi connectivity index (χ1n) is 14.9. The fraction of sp³-hybridized carbons (Fsp3) is 0.906. The fourth-order valence-corrected chi connectivity index (χ4v) is 11.4. The summed E-state index contributed by atoms with van der Waals surface area (Å²) in [5.74, 6) is 2.43. The highest BCUT2D eigenvalue weighted by molar-refractivity contribution is 5.66. The van der Waals surface area contributed by atoms with Gasteiger partial charge in [0.15, 0.2) is 0 Å². The molecule has 5 rings (SSSR count). The summed E-state index contributed by atoms with van der Waals surface area (Å²) in [6.45, 7) is 21.2. The van der Waals surface area contributed by atoms with Crippen molar-refractivity contribution in [2.45, 2.75) is 126 Å². The number of fused-ring (bicyclic) bond motifs is 7. The van der Waals surface area contributed by atoms with Crippen LogP contribution in [0, 0.1) is 56.7 Å². The Balaban J connectivity index is 1.61. The summed E-state index contributed by atoms with van der Waals surface area (Å²) in [4.78, 5) is 17.4. The Morgan fingerprint density at radius 2 is 1.64 bits per heavy atom. The van der Waals surface area contributed by atoms with Gasteiger partial charge < -0.3 is 4.74 Å². The van der Waals surface area contributed by atoms with Crippen LogP contribution in [0.25, 0.3) is 0 Å². The normalized spacial score (nSPS) is 53.7. The lowest BCUT2D eigenvalue weighted by molar-refractivity contribution is -0.323. The van der Waals surface area contributed by atoms with E-state index in [9.17, 15) is 10.1 Å². The molecule has 0 spiro atoms. The Morgan fingerprint density at radius 3 is 2.28 bits per heavy atom. The van der Waals surface area contributed by atoms with Crippen molar-refractivity contribution in [3.05, 3.63) is 11.6 Å². The van der Waals surface area contributed by atoms with Crippen molar-refractivity contribution in [3.63, 3.8) is 0 Å². The maximum absolute atomic E-state index is 11.9. The van der Waals surface area contributed by atoms with Crippen molar-refractivity contribution >= 4 is 5.97 Å². The fourth-order valence-electron chi connectivity index (χ4n) is 11.4. The number of rotatable bonds is 2. The molecule has 0 aliphatic heterocycles. The van der Waals surface area contributed by atoms with Crippen LogP contribution in [0.4, 0.5) is 0 Å². The van der Waals surface area contributed by atoms with Gasteiger partial charge in [0.25, 0.3) is 0 Å². The smallest absolute Gasteiger partial charge is 0.302 e. The van der Waals surface area contributed by atoms with Gasteiger partial charge in [-0.3, -0.25) is 10.1 Å². The quantitative estimate of drug-likeness (QED) is 0.180.